The van der Waals surface area contributed by atoms with Gasteiger partial charge in [-0.15, -0.1) is 0 Å². The Morgan fingerprint density at radius 1 is 1.06 bits per heavy atom. The predicted octanol–water partition coefficient (Wildman–Crippen LogP) is 1.25. The van der Waals surface area contributed by atoms with Gasteiger partial charge >= 0.3 is 0 Å². The molecule has 2 aromatic carbocycles. The zero-order chi connectivity index (χ0) is 25.5. The van der Waals surface area contributed by atoms with Crippen LogP contribution < -0.4 is 24.2 Å². The van der Waals surface area contributed by atoms with E-state index in [0.29, 0.717) is 47.9 Å². The molecule has 3 rings (SSSR count). The Morgan fingerprint density at radius 3 is 2.37 bits per heavy atom. The molecule has 0 saturated carbocycles. The minimum atomic E-state index is -0.874. The maximum Gasteiger partial charge on any atom is 0.295 e. The van der Waals surface area contributed by atoms with E-state index in [1.165, 1.54) is 24.0 Å². The van der Waals surface area contributed by atoms with Crippen LogP contribution in [0.15, 0.2) is 48.0 Å². The average Bonchev–Trinajstić information content (AvgIpc) is 3.11. The largest absolute Gasteiger partial charge is 0.872 e. The van der Waals surface area contributed by atoms with Crippen LogP contribution in [0.3, 0.4) is 0 Å². The van der Waals surface area contributed by atoms with Crippen molar-refractivity contribution >= 4 is 17.4 Å². The fraction of sp³-hybridized carbons (Fsp3) is 0.407. The van der Waals surface area contributed by atoms with Gasteiger partial charge in [0.15, 0.2) is 11.5 Å². The van der Waals surface area contributed by atoms with E-state index in [2.05, 4.69) is 0 Å². The van der Waals surface area contributed by atoms with Gasteiger partial charge in [-0.3, -0.25) is 9.59 Å². The number of hydrogen-bond acceptors (Lipinski definition) is 6. The summed E-state index contributed by atoms with van der Waals surface area (Å²) in [6.45, 7) is 3.72. The highest BCUT2D eigenvalue weighted by Gasteiger charge is 2.45. The molecular formula is C27H34N2O6. The molecule has 2 aromatic rings. The Bertz CT molecular complexity index is 1080. The third kappa shape index (κ3) is 5.59. The Hall–Kier alpha value is -3.52. The van der Waals surface area contributed by atoms with Crippen molar-refractivity contribution in [3.8, 4) is 17.2 Å². The van der Waals surface area contributed by atoms with Crippen LogP contribution in [0.5, 0.6) is 17.2 Å². The molecule has 35 heavy (non-hydrogen) atoms. The average molecular weight is 483 g/mol. The Kier molecular flexibility index (Phi) is 8.76. The maximum atomic E-state index is 13.6. The highest BCUT2D eigenvalue weighted by atomic mass is 16.5. The molecule has 1 fully saturated rings. The molecule has 1 N–H and O–H groups in total. The fourth-order valence-corrected chi connectivity index (χ4v) is 4.23. The number of likely N-dealkylation sites (tertiary alicyclic amines) is 1. The SMILES string of the molecule is CCCOc1ccc(/C([O-])=C2\C(=O)C(=O)N(CCC[NH+](C)C)C2c2cccc(OC)c2OC)cc1. The van der Waals surface area contributed by atoms with E-state index < -0.39 is 23.5 Å². The van der Waals surface area contributed by atoms with Gasteiger partial charge in [-0.05, 0) is 30.2 Å². The second-order valence-corrected chi connectivity index (χ2v) is 8.74. The van der Waals surface area contributed by atoms with Crippen molar-refractivity contribution < 1.29 is 33.8 Å². The second-order valence-electron chi connectivity index (χ2n) is 8.74. The van der Waals surface area contributed by atoms with Crippen LogP contribution in [0.25, 0.3) is 5.76 Å². The van der Waals surface area contributed by atoms with E-state index in [4.69, 9.17) is 14.2 Å². The molecule has 1 saturated heterocycles. The molecule has 1 unspecified atom stereocenters. The van der Waals surface area contributed by atoms with Crippen molar-refractivity contribution in [3.63, 3.8) is 0 Å². The summed E-state index contributed by atoms with van der Waals surface area (Å²) in [5.74, 6) is -0.464. The molecule has 8 nitrogen and oxygen atoms in total. The molecule has 1 heterocycles. The molecule has 0 spiro atoms. The quantitative estimate of drug-likeness (QED) is 0.295. The van der Waals surface area contributed by atoms with Crippen LogP contribution >= 0.6 is 0 Å². The van der Waals surface area contributed by atoms with Gasteiger partial charge in [-0.2, -0.15) is 0 Å². The molecule has 1 atom stereocenters. The smallest absolute Gasteiger partial charge is 0.295 e. The van der Waals surface area contributed by atoms with Crippen LogP contribution in [0, 0.1) is 0 Å². The second kappa shape index (κ2) is 11.8. The Labute approximate surface area is 206 Å². The zero-order valence-corrected chi connectivity index (χ0v) is 21.1. The van der Waals surface area contributed by atoms with Crippen LogP contribution in [0.1, 0.15) is 36.9 Å². The summed E-state index contributed by atoms with van der Waals surface area (Å²) in [4.78, 5) is 29.1. The van der Waals surface area contributed by atoms with Gasteiger partial charge in [-0.1, -0.05) is 36.9 Å². The number of quaternary nitrogens is 1. The number of carbonyl (C=O) groups excluding carboxylic acids is 2. The third-order valence-electron chi connectivity index (χ3n) is 5.92. The number of Topliss-reactive ketones (excluding diaryl/α,β-unsaturated/α-hetero) is 1. The number of benzene rings is 2. The van der Waals surface area contributed by atoms with Gasteiger partial charge in [0.05, 0.1) is 47.5 Å². The summed E-state index contributed by atoms with van der Waals surface area (Å²) in [5, 5.41) is 13.6. The van der Waals surface area contributed by atoms with Gasteiger partial charge in [0, 0.05) is 24.1 Å². The van der Waals surface area contributed by atoms with Crippen molar-refractivity contribution in [2.24, 2.45) is 0 Å². The van der Waals surface area contributed by atoms with E-state index in [1.807, 2.05) is 21.0 Å². The highest BCUT2D eigenvalue weighted by Crippen LogP contribution is 2.45. The van der Waals surface area contributed by atoms with Crippen molar-refractivity contribution in [1.29, 1.82) is 0 Å². The predicted molar refractivity (Wildman–Crippen MR) is 130 cm³/mol. The summed E-state index contributed by atoms with van der Waals surface area (Å²) in [6.07, 6.45) is 1.54. The first-order valence-electron chi connectivity index (χ1n) is 11.8. The number of para-hydroxylation sites is 1. The monoisotopic (exact) mass is 482 g/mol. The molecule has 0 radical (unpaired) electrons. The Balaban J connectivity index is 2.12. The number of methoxy groups -OCH3 is 2. The number of amides is 1. The normalized spacial score (nSPS) is 17.2. The maximum absolute atomic E-state index is 13.6. The van der Waals surface area contributed by atoms with Gasteiger partial charge in [-0.25, -0.2) is 0 Å². The van der Waals surface area contributed by atoms with Crippen molar-refractivity contribution in [1.82, 2.24) is 4.90 Å². The summed E-state index contributed by atoms with van der Waals surface area (Å²) >= 11 is 0. The lowest BCUT2D eigenvalue weighted by Crippen LogP contribution is -3.05. The van der Waals surface area contributed by atoms with Crippen molar-refractivity contribution in [2.75, 3.05) is 48.0 Å². The van der Waals surface area contributed by atoms with E-state index in [0.717, 1.165) is 13.0 Å². The summed E-state index contributed by atoms with van der Waals surface area (Å²) < 4.78 is 16.6. The van der Waals surface area contributed by atoms with Gasteiger partial charge in [0.2, 0.25) is 5.78 Å². The summed E-state index contributed by atoms with van der Waals surface area (Å²) in [7, 11) is 7.06. The fourth-order valence-electron chi connectivity index (χ4n) is 4.23. The standard InChI is InChI=1S/C27H34N2O6/c1-6-17-35-19-13-11-18(12-14-19)24(30)22-23(20-9-7-10-21(33-4)26(20)34-5)29(27(32)25(22)31)16-8-15-28(2)3/h7,9-14,23,30H,6,8,15-17H2,1-5H3/b24-22+. The minimum Gasteiger partial charge on any atom is -0.872 e. The summed E-state index contributed by atoms with van der Waals surface area (Å²) in [5.41, 5.74) is 0.770. The van der Waals surface area contributed by atoms with Crippen LogP contribution in [0.4, 0.5) is 0 Å². The number of nitrogens with one attached hydrogen (secondary N) is 1. The van der Waals surface area contributed by atoms with Crippen molar-refractivity contribution in [2.45, 2.75) is 25.8 Å². The number of carbonyl (C=O) groups is 2. The molecule has 0 bridgehead atoms. The topological polar surface area (TPSA) is 92.6 Å². The van der Waals surface area contributed by atoms with Crippen LogP contribution in [0.2, 0.25) is 0 Å². The number of ether oxygens (including phenoxy) is 3. The molecular weight excluding hydrogens is 448 g/mol. The minimum absolute atomic E-state index is 0.0824. The number of rotatable bonds is 11. The first-order valence-corrected chi connectivity index (χ1v) is 11.8. The number of hydrogen-bond donors (Lipinski definition) is 1. The molecule has 1 aliphatic rings. The lowest BCUT2D eigenvalue weighted by molar-refractivity contribution is -0.858. The molecule has 0 aromatic heterocycles. The molecule has 8 heteroatoms. The van der Waals surface area contributed by atoms with Crippen LogP contribution in [-0.2, 0) is 9.59 Å². The van der Waals surface area contributed by atoms with Gasteiger partial charge < -0.3 is 29.1 Å². The first kappa shape index (κ1) is 26.1. The van der Waals surface area contributed by atoms with Gasteiger partial charge in [0.1, 0.15) is 5.75 Å². The zero-order valence-electron chi connectivity index (χ0n) is 21.1. The van der Waals surface area contributed by atoms with E-state index in [1.54, 1.807) is 42.5 Å². The van der Waals surface area contributed by atoms with E-state index in [9.17, 15) is 14.7 Å². The molecule has 1 amide bonds. The van der Waals surface area contributed by atoms with E-state index >= 15 is 0 Å². The highest BCUT2D eigenvalue weighted by molar-refractivity contribution is 6.46. The molecule has 1 aliphatic heterocycles. The number of ketones is 1. The lowest BCUT2D eigenvalue weighted by Gasteiger charge is -2.29. The van der Waals surface area contributed by atoms with Crippen LogP contribution in [-0.4, -0.2) is 64.6 Å². The first-order chi connectivity index (χ1) is 16.8. The molecule has 0 aliphatic carbocycles. The molecule has 188 valence electrons. The third-order valence-corrected chi connectivity index (χ3v) is 5.92. The van der Waals surface area contributed by atoms with Gasteiger partial charge in [0.25, 0.3) is 5.91 Å². The Morgan fingerprint density at radius 2 is 1.77 bits per heavy atom. The van der Waals surface area contributed by atoms with Crippen molar-refractivity contribution in [3.05, 3.63) is 59.2 Å². The van der Waals surface area contributed by atoms with E-state index in [-0.39, 0.29) is 5.57 Å². The summed E-state index contributed by atoms with van der Waals surface area (Å²) in [6, 6.07) is 11.0. The lowest BCUT2D eigenvalue weighted by atomic mass is 9.94. The number of nitrogens with zero attached hydrogens (tertiary/aromatic N) is 1.